The van der Waals surface area contributed by atoms with E-state index in [1.54, 1.807) is 11.0 Å². The van der Waals surface area contributed by atoms with E-state index in [-0.39, 0.29) is 12.0 Å². The number of amides is 1. The minimum atomic E-state index is 0.210. The van der Waals surface area contributed by atoms with Crippen LogP contribution < -0.4 is 0 Å². The van der Waals surface area contributed by atoms with Crippen LogP contribution in [-0.2, 0) is 16.1 Å². The van der Waals surface area contributed by atoms with Gasteiger partial charge in [0.1, 0.15) is 12.7 Å². The maximum atomic E-state index is 12.2. The number of hydrogen-bond acceptors (Lipinski definition) is 4. The van der Waals surface area contributed by atoms with E-state index in [0.29, 0.717) is 6.42 Å². The fourth-order valence-corrected chi connectivity index (χ4v) is 2.50. The average Bonchev–Trinajstić information content (AvgIpc) is 2.99. The number of carbonyl (C=O) groups is 1. The molecule has 1 amide bonds. The monoisotopic (exact) mass is 280 g/mol. The van der Waals surface area contributed by atoms with Gasteiger partial charge in [-0.15, -0.1) is 0 Å². The highest BCUT2D eigenvalue weighted by molar-refractivity contribution is 5.76. The van der Waals surface area contributed by atoms with Crippen molar-refractivity contribution in [2.75, 3.05) is 19.7 Å². The normalized spacial score (nSPS) is 18.9. The molecule has 1 atom stereocenters. The lowest BCUT2D eigenvalue weighted by Gasteiger charge is -2.29. The summed E-state index contributed by atoms with van der Waals surface area (Å²) >= 11 is 0. The SMILES string of the molecule is CCN(CC1CCCCO1)C(=O)CCCn1cncn1. The predicted octanol–water partition coefficient (Wildman–Crippen LogP) is 1.48. The van der Waals surface area contributed by atoms with Gasteiger partial charge in [0.15, 0.2) is 0 Å². The van der Waals surface area contributed by atoms with Crippen LogP contribution in [0.25, 0.3) is 0 Å². The lowest BCUT2D eigenvalue weighted by molar-refractivity contribution is -0.133. The number of aryl methyl sites for hydroxylation is 1. The molecule has 0 radical (unpaired) electrons. The first-order chi connectivity index (χ1) is 9.79. The molecule has 0 N–H and O–H groups in total. The van der Waals surface area contributed by atoms with E-state index >= 15 is 0 Å². The van der Waals surface area contributed by atoms with E-state index in [0.717, 1.165) is 45.5 Å². The molecule has 0 bridgehead atoms. The number of likely N-dealkylation sites (N-methyl/N-ethyl adjacent to an activating group) is 1. The molecule has 1 aliphatic rings. The lowest BCUT2D eigenvalue weighted by Crippen LogP contribution is -2.39. The Kier molecular flexibility index (Phi) is 5.98. The van der Waals surface area contributed by atoms with Gasteiger partial charge in [0, 0.05) is 32.7 Å². The second kappa shape index (κ2) is 7.99. The Balaban J connectivity index is 1.70. The maximum Gasteiger partial charge on any atom is 0.222 e. The van der Waals surface area contributed by atoms with E-state index in [9.17, 15) is 4.79 Å². The number of nitrogens with zero attached hydrogens (tertiary/aromatic N) is 4. The van der Waals surface area contributed by atoms with Crippen molar-refractivity contribution in [3.8, 4) is 0 Å². The Hall–Kier alpha value is -1.43. The van der Waals surface area contributed by atoms with Gasteiger partial charge in [-0.2, -0.15) is 5.10 Å². The molecule has 1 unspecified atom stereocenters. The van der Waals surface area contributed by atoms with Gasteiger partial charge < -0.3 is 9.64 Å². The summed E-state index contributed by atoms with van der Waals surface area (Å²) in [5.74, 6) is 0.210. The summed E-state index contributed by atoms with van der Waals surface area (Å²) in [6, 6.07) is 0. The lowest BCUT2D eigenvalue weighted by atomic mass is 10.1. The quantitative estimate of drug-likeness (QED) is 0.759. The molecule has 0 spiro atoms. The first-order valence-electron chi connectivity index (χ1n) is 7.51. The van der Waals surface area contributed by atoms with Crippen molar-refractivity contribution < 1.29 is 9.53 Å². The van der Waals surface area contributed by atoms with Gasteiger partial charge in [-0.3, -0.25) is 9.48 Å². The zero-order valence-electron chi connectivity index (χ0n) is 12.2. The molecule has 0 aromatic carbocycles. The molecule has 20 heavy (non-hydrogen) atoms. The van der Waals surface area contributed by atoms with Crippen molar-refractivity contribution in [1.82, 2.24) is 19.7 Å². The average molecular weight is 280 g/mol. The Labute approximate surface area is 120 Å². The van der Waals surface area contributed by atoms with E-state index in [1.165, 1.54) is 12.7 Å². The Morgan fingerprint density at radius 1 is 1.50 bits per heavy atom. The topological polar surface area (TPSA) is 60.2 Å². The number of hydrogen-bond donors (Lipinski definition) is 0. The van der Waals surface area contributed by atoms with Gasteiger partial charge in [0.2, 0.25) is 5.91 Å². The highest BCUT2D eigenvalue weighted by Gasteiger charge is 2.20. The molecular weight excluding hydrogens is 256 g/mol. The second-order valence-corrected chi connectivity index (χ2v) is 5.18. The van der Waals surface area contributed by atoms with Gasteiger partial charge in [-0.25, -0.2) is 4.98 Å². The van der Waals surface area contributed by atoms with E-state index in [1.807, 2.05) is 11.8 Å². The molecule has 0 aliphatic carbocycles. The van der Waals surface area contributed by atoms with Crippen LogP contribution in [-0.4, -0.2) is 51.4 Å². The van der Waals surface area contributed by atoms with Gasteiger partial charge in [0.25, 0.3) is 0 Å². The van der Waals surface area contributed by atoms with E-state index < -0.39 is 0 Å². The summed E-state index contributed by atoms with van der Waals surface area (Å²) in [5.41, 5.74) is 0. The number of aromatic nitrogens is 3. The molecule has 112 valence electrons. The molecule has 1 saturated heterocycles. The molecule has 1 aromatic rings. The Morgan fingerprint density at radius 3 is 3.05 bits per heavy atom. The summed E-state index contributed by atoms with van der Waals surface area (Å²) in [6.45, 7) is 5.09. The van der Waals surface area contributed by atoms with Gasteiger partial charge >= 0.3 is 0 Å². The molecule has 2 rings (SSSR count). The molecule has 1 aliphatic heterocycles. The van der Waals surface area contributed by atoms with Crippen molar-refractivity contribution in [1.29, 1.82) is 0 Å². The minimum absolute atomic E-state index is 0.210. The van der Waals surface area contributed by atoms with Gasteiger partial charge in [-0.1, -0.05) is 0 Å². The number of carbonyl (C=O) groups excluding carboxylic acids is 1. The maximum absolute atomic E-state index is 12.2. The van der Waals surface area contributed by atoms with Crippen LogP contribution in [0.2, 0.25) is 0 Å². The van der Waals surface area contributed by atoms with Crippen molar-refractivity contribution in [2.24, 2.45) is 0 Å². The third-order valence-electron chi connectivity index (χ3n) is 3.68. The van der Waals surface area contributed by atoms with Crippen LogP contribution in [0.15, 0.2) is 12.7 Å². The first-order valence-corrected chi connectivity index (χ1v) is 7.51. The summed E-state index contributed by atoms with van der Waals surface area (Å²) in [7, 11) is 0. The fourth-order valence-electron chi connectivity index (χ4n) is 2.50. The Bertz CT molecular complexity index is 388. The van der Waals surface area contributed by atoms with E-state index in [4.69, 9.17) is 4.74 Å². The van der Waals surface area contributed by atoms with Gasteiger partial charge in [0.05, 0.1) is 6.10 Å². The van der Waals surface area contributed by atoms with Crippen LogP contribution in [0.1, 0.15) is 39.0 Å². The Morgan fingerprint density at radius 2 is 2.40 bits per heavy atom. The molecular formula is C14H24N4O2. The standard InChI is InChI=1S/C14H24N4O2/c1-2-17(10-13-6-3-4-9-20-13)14(19)7-5-8-18-12-15-11-16-18/h11-13H,2-10H2,1H3. The van der Waals surface area contributed by atoms with Crippen LogP contribution in [0, 0.1) is 0 Å². The fraction of sp³-hybridized carbons (Fsp3) is 0.786. The van der Waals surface area contributed by atoms with E-state index in [2.05, 4.69) is 10.1 Å². The third kappa shape index (κ3) is 4.59. The first kappa shape index (κ1) is 15.0. The zero-order chi connectivity index (χ0) is 14.2. The molecule has 2 heterocycles. The summed E-state index contributed by atoms with van der Waals surface area (Å²) in [5, 5.41) is 4.03. The molecule has 6 heteroatoms. The van der Waals surface area contributed by atoms with Gasteiger partial charge in [-0.05, 0) is 32.6 Å². The number of ether oxygens (including phenoxy) is 1. The van der Waals surface area contributed by atoms with Crippen LogP contribution in [0.4, 0.5) is 0 Å². The molecule has 0 saturated carbocycles. The van der Waals surface area contributed by atoms with Crippen LogP contribution >= 0.6 is 0 Å². The van der Waals surface area contributed by atoms with Crippen LogP contribution in [0.3, 0.4) is 0 Å². The highest BCUT2D eigenvalue weighted by atomic mass is 16.5. The van der Waals surface area contributed by atoms with Crippen molar-refractivity contribution >= 4 is 5.91 Å². The zero-order valence-corrected chi connectivity index (χ0v) is 12.2. The largest absolute Gasteiger partial charge is 0.376 e. The second-order valence-electron chi connectivity index (χ2n) is 5.18. The third-order valence-corrected chi connectivity index (χ3v) is 3.68. The molecule has 6 nitrogen and oxygen atoms in total. The highest BCUT2D eigenvalue weighted by Crippen LogP contribution is 2.14. The summed E-state index contributed by atoms with van der Waals surface area (Å²) < 4.78 is 7.47. The minimum Gasteiger partial charge on any atom is -0.376 e. The summed E-state index contributed by atoms with van der Waals surface area (Å²) in [4.78, 5) is 18.0. The molecule has 1 fully saturated rings. The van der Waals surface area contributed by atoms with Crippen LogP contribution in [0.5, 0.6) is 0 Å². The van der Waals surface area contributed by atoms with Crippen molar-refractivity contribution in [3.05, 3.63) is 12.7 Å². The number of rotatable bonds is 7. The smallest absolute Gasteiger partial charge is 0.222 e. The van der Waals surface area contributed by atoms with Crippen molar-refractivity contribution in [2.45, 2.75) is 51.7 Å². The summed E-state index contributed by atoms with van der Waals surface area (Å²) in [6.07, 6.45) is 8.20. The van der Waals surface area contributed by atoms with Crippen molar-refractivity contribution in [3.63, 3.8) is 0 Å². The predicted molar refractivity (Wildman–Crippen MR) is 75.1 cm³/mol. The molecule has 1 aromatic heterocycles.